The standard InChI is InChI=1S/C29H54NO8P/c1-6-8-10-11-12-13-14-15-16-17-18-19-20-22-29(32)38-27(25-35-28(31)21-9-7-2)26-37-39(33,34)36-24-23-30(3,4)5/h10-11,13-14,27H,6-9,12,15-26H2,1-5H3/p+1/b11-10-,14-13-. The van der Waals surface area contributed by atoms with Gasteiger partial charge in [-0.25, -0.2) is 4.57 Å². The summed E-state index contributed by atoms with van der Waals surface area (Å²) in [7, 11) is 1.45. The van der Waals surface area contributed by atoms with Crippen molar-refractivity contribution in [3.05, 3.63) is 24.3 Å². The molecule has 1 N–H and O–H groups in total. The highest BCUT2D eigenvalue weighted by Gasteiger charge is 2.27. The van der Waals surface area contributed by atoms with Gasteiger partial charge in [-0.15, -0.1) is 0 Å². The topological polar surface area (TPSA) is 108 Å². The average Bonchev–Trinajstić information content (AvgIpc) is 2.86. The number of unbranched alkanes of at least 4 members (excludes halogenated alkanes) is 7. The fourth-order valence-electron chi connectivity index (χ4n) is 3.32. The maximum atomic E-state index is 12.4. The summed E-state index contributed by atoms with van der Waals surface area (Å²) in [4.78, 5) is 34.2. The van der Waals surface area contributed by atoms with Gasteiger partial charge in [0.1, 0.15) is 19.8 Å². The number of esters is 2. The number of hydrogen-bond acceptors (Lipinski definition) is 7. The molecule has 0 spiro atoms. The van der Waals surface area contributed by atoms with Crippen molar-refractivity contribution >= 4 is 19.8 Å². The van der Waals surface area contributed by atoms with Gasteiger partial charge < -0.3 is 18.9 Å². The van der Waals surface area contributed by atoms with Crippen LogP contribution >= 0.6 is 7.82 Å². The minimum atomic E-state index is -4.34. The Kier molecular flexibility index (Phi) is 22.3. The Hall–Kier alpha value is -1.51. The second kappa shape index (κ2) is 23.2. The van der Waals surface area contributed by atoms with Crippen molar-refractivity contribution in [2.45, 2.75) is 103 Å². The van der Waals surface area contributed by atoms with Crippen LogP contribution in [0.5, 0.6) is 0 Å². The van der Waals surface area contributed by atoms with Crippen LogP contribution in [0.2, 0.25) is 0 Å². The molecule has 0 rings (SSSR count). The fourth-order valence-corrected chi connectivity index (χ4v) is 4.06. The van der Waals surface area contributed by atoms with E-state index in [9.17, 15) is 19.0 Å². The number of carbonyl (C=O) groups is 2. The molecule has 228 valence electrons. The van der Waals surface area contributed by atoms with Crippen LogP contribution in [0, 0.1) is 0 Å². The molecule has 0 aromatic rings. The second-order valence-corrected chi connectivity index (χ2v) is 12.2. The summed E-state index contributed by atoms with van der Waals surface area (Å²) in [6, 6.07) is 0. The molecule has 10 heteroatoms. The van der Waals surface area contributed by atoms with Gasteiger partial charge >= 0.3 is 19.8 Å². The van der Waals surface area contributed by atoms with Gasteiger partial charge in [0, 0.05) is 12.8 Å². The summed E-state index contributed by atoms with van der Waals surface area (Å²) < 4.78 is 33.5. The molecule has 0 amide bonds. The number of nitrogens with zero attached hydrogens (tertiary/aromatic N) is 1. The molecule has 0 fully saturated rings. The summed E-state index contributed by atoms with van der Waals surface area (Å²) in [5.74, 6) is -0.863. The number of ether oxygens (including phenoxy) is 2. The van der Waals surface area contributed by atoms with E-state index in [0.717, 1.165) is 51.4 Å². The molecule has 0 bridgehead atoms. The van der Waals surface area contributed by atoms with Crippen molar-refractivity contribution in [3.63, 3.8) is 0 Å². The Labute approximate surface area is 237 Å². The van der Waals surface area contributed by atoms with E-state index in [1.807, 2.05) is 28.1 Å². The molecule has 0 aliphatic rings. The molecular formula is C29H55NO8P+. The van der Waals surface area contributed by atoms with Crippen LogP contribution in [0.3, 0.4) is 0 Å². The number of allylic oxidation sites excluding steroid dienone is 4. The van der Waals surface area contributed by atoms with Crippen LogP contribution in [0.15, 0.2) is 24.3 Å². The molecule has 9 nitrogen and oxygen atoms in total. The minimum absolute atomic E-state index is 0.0282. The van der Waals surface area contributed by atoms with Crippen LogP contribution in [0.25, 0.3) is 0 Å². The molecule has 2 atom stereocenters. The molecule has 0 aliphatic carbocycles. The van der Waals surface area contributed by atoms with Crippen molar-refractivity contribution in [3.8, 4) is 0 Å². The first-order valence-corrected chi connectivity index (χ1v) is 16.1. The average molecular weight is 577 g/mol. The van der Waals surface area contributed by atoms with Gasteiger partial charge in [0.15, 0.2) is 6.10 Å². The zero-order chi connectivity index (χ0) is 29.4. The first-order chi connectivity index (χ1) is 18.5. The lowest BCUT2D eigenvalue weighted by Crippen LogP contribution is -2.37. The van der Waals surface area contributed by atoms with E-state index in [0.29, 0.717) is 23.9 Å². The molecule has 0 aromatic carbocycles. The van der Waals surface area contributed by atoms with Crippen LogP contribution in [0.4, 0.5) is 0 Å². The Morgan fingerprint density at radius 1 is 0.795 bits per heavy atom. The summed E-state index contributed by atoms with van der Waals surface area (Å²) in [6.45, 7) is 4.03. The van der Waals surface area contributed by atoms with Crippen molar-refractivity contribution in [2.24, 2.45) is 0 Å². The predicted molar refractivity (Wildman–Crippen MR) is 155 cm³/mol. The van der Waals surface area contributed by atoms with Crippen molar-refractivity contribution < 1.29 is 42.1 Å². The third-order valence-corrected chi connectivity index (χ3v) is 6.70. The first kappa shape index (κ1) is 37.5. The zero-order valence-corrected chi connectivity index (χ0v) is 26.0. The lowest BCUT2D eigenvalue weighted by Gasteiger charge is -2.24. The summed E-state index contributed by atoms with van der Waals surface area (Å²) in [5, 5.41) is 0. The smallest absolute Gasteiger partial charge is 0.462 e. The Bertz CT molecular complexity index is 748. The maximum Gasteiger partial charge on any atom is 0.472 e. The van der Waals surface area contributed by atoms with Gasteiger partial charge in [-0.2, -0.15) is 0 Å². The van der Waals surface area contributed by atoms with Gasteiger partial charge in [0.25, 0.3) is 0 Å². The molecule has 0 aromatic heterocycles. The third kappa shape index (κ3) is 26.5. The van der Waals surface area contributed by atoms with Crippen LogP contribution in [0.1, 0.15) is 97.3 Å². The van der Waals surface area contributed by atoms with E-state index in [2.05, 4.69) is 31.2 Å². The van der Waals surface area contributed by atoms with Crippen LogP contribution < -0.4 is 0 Å². The number of likely N-dealkylation sites (N-methyl/N-ethyl adjacent to an activating group) is 1. The highest BCUT2D eigenvalue weighted by Crippen LogP contribution is 2.43. The number of carbonyl (C=O) groups excluding carboxylic acids is 2. The molecular weight excluding hydrogens is 521 g/mol. The van der Waals surface area contributed by atoms with E-state index >= 15 is 0 Å². The van der Waals surface area contributed by atoms with E-state index in [1.54, 1.807) is 0 Å². The Morgan fingerprint density at radius 2 is 1.44 bits per heavy atom. The number of phosphoric acid groups is 1. The van der Waals surface area contributed by atoms with Crippen molar-refractivity contribution in [1.29, 1.82) is 0 Å². The second-order valence-electron chi connectivity index (χ2n) is 10.8. The largest absolute Gasteiger partial charge is 0.472 e. The highest BCUT2D eigenvalue weighted by molar-refractivity contribution is 7.47. The van der Waals surface area contributed by atoms with Crippen molar-refractivity contribution in [2.75, 3.05) is 47.5 Å². The van der Waals surface area contributed by atoms with Crippen molar-refractivity contribution in [1.82, 2.24) is 0 Å². The summed E-state index contributed by atoms with van der Waals surface area (Å²) in [5.41, 5.74) is 0. The van der Waals surface area contributed by atoms with E-state index in [4.69, 9.17) is 18.5 Å². The molecule has 2 unspecified atom stereocenters. The van der Waals surface area contributed by atoms with Crippen LogP contribution in [-0.2, 0) is 32.7 Å². The molecule has 0 saturated carbocycles. The normalized spacial score (nSPS) is 14.5. The van der Waals surface area contributed by atoms with E-state index in [-0.39, 0.29) is 26.1 Å². The van der Waals surface area contributed by atoms with E-state index < -0.39 is 32.5 Å². The SMILES string of the molecule is CCC/C=C\C/C=C\CCCCCCCC(=O)OC(COC(=O)CCCC)COP(=O)(O)OCC[N+](C)(C)C. The Balaban J connectivity index is 4.40. The molecule has 0 aliphatic heterocycles. The number of hydrogen-bond donors (Lipinski definition) is 1. The maximum absolute atomic E-state index is 12.4. The lowest BCUT2D eigenvalue weighted by atomic mass is 10.1. The molecule has 0 saturated heterocycles. The fraction of sp³-hybridized carbons (Fsp3) is 0.793. The number of rotatable bonds is 25. The van der Waals surface area contributed by atoms with Gasteiger partial charge in [0.2, 0.25) is 0 Å². The van der Waals surface area contributed by atoms with Gasteiger partial charge in [-0.1, -0.05) is 70.3 Å². The molecule has 0 heterocycles. The first-order valence-electron chi connectivity index (χ1n) is 14.6. The van der Waals surface area contributed by atoms with Gasteiger partial charge in [0.05, 0.1) is 27.7 Å². The Morgan fingerprint density at radius 3 is 2.10 bits per heavy atom. The van der Waals surface area contributed by atoms with Gasteiger partial charge in [-0.3, -0.25) is 18.6 Å². The zero-order valence-electron chi connectivity index (χ0n) is 25.1. The summed E-state index contributed by atoms with van der Waals surface area (Å²) in [6.07, 6.45) is 19.1. The minimum Gasteiger partial charge on any atom is -0.462 e. The number of phosphoric ester groups is 1. The quantitative estimate of drug-likeness (QED) is 0.0431. The molecule has 39 heavy (non-hydrogen) atoms. The highest BCUT2D eigenvalue weighted by atomic mass is 31.2. The lowest BCUT2D eigenvalue weighted by molar-refractivity contribution is -0.870. The van der Waals surface area contributed by atoms with E-state index in [1.165, 1.54) is 6.42 Å². The third-order valence-electron chi connectivity index (χ3n) is 5.72. The summed E-state index contributed by atoms with van der Waals surface area (Å²) >= 11 is 0. The van der Waals surface area contributed by atoms with Crippen LogP contribution in [-0.4, -0.2) is 74.9 Å². The predicted octanol–water partition coefficient (Wildman–Crippen LogP) is 6.50. The monoisotopic (exact) mass is 576 g/mol. The number of quaternary nitrogens is 1. The molecule has 0 radical (unpaired) electrons. The van der Waals surface area contributed by atoms with Gasteiger partial charge in [-0.05, 0) is 38.5 Å².